The zero-order valence-corrected chi connectivity index (χ0v) is 8.74. The second kappa shape index (κ2) is 3.00. The summed E-state index contributed by atoms with van der Waals surface area (Å²) in [4.78, 5) is 0. The van der Waals surface area contributed by atoms with Crippen molar-refractivity contribution in [2.45, 2.75) is 38.0 Å². The quantitative estimate of drug-likeness (QED) is 0.694. The maximum absolute atomic E-state index is 11.6. The topological polar surface area (TPSA) is 46.2 Å². The molecular formula is C8H17NO2S. The Bertz CT molecular complexity index is 247. The molecular weight excluding hydrogens is 174 g/mol. The van der Waals surface area contributed by atoms with Crippen LogP contribution in [0.4, 0.5) is 0 Å². The van der Waals surface area contributed by atoms with Crippen molar-refractivity contribution in [3.63, 3.8) is 0 Å². The summed E-state index contributed by atoms with van der Waals surface area (Å²) in [7, 11) is -2.92. The number of nitrogens with one attached hydrogen (secondary N) is 1. The van der Waals surface area contributed by atoms with Gasteiger partial charge in [-0.25, -0.2) is 8.42 Å². The maximum atomic E-state index is 11.6. The van der Waals surface area contributed by atoms with Crippen molar-refractivity contribution in [3.8, 4) is 0 Å². The fourth-order valence-corrected chi connectivity index (χ4v) is 2.32. The van der Waals surface area contributed by atoms with Crippen molar-refractivity contribution >= 4 is 9.84 Å². The van der Waals surface area contributed by atoms with E-state index in [0.29, 0.717) is 0 Å². The van der Waals surface area contributed by atoms with E-state index in [0.717, 1.165) is 13.0 Å². The average molecular weight is 191 g/mol. The van der Waals surface area contributed by atoms with Gasteiger partial charge in [-0.05, 0) is 33.7 Å². The summed E-state index contributed by atoms with van der Waals surface area (Å²) < 4.78 is 22.6. The zero-order chi connectivity index (χ0) is 9.41. The summed E-state index contributed by atoms with van der Waals surface area (Å²) in [5.41, 5.74) is 0. The van der Waals surface area contributed by atoms with Crippen molar-refractivity contribution in [3.05, 3.63) is 0 Å². The average Bonchev–Trinajstić information content (AvgIpc) is 1.76. The Morgan fingerprint density at radius 3 is 2.17 bits per heavy atom. The lowest BCUT2D eigenvalue weighted by atomic mass is 10.1. The largest absolute Gasteiger partial charge is 0.313 e. The van der Waals surface area contributed by atoms with Crippen LogP contribution < -0.4 is 5.32 Å². The Kier molecular flexibility index (Phi) is 2.50. The second-order valence-electron chi connectivity index (χ2n) is 4.33. The highest BCUT2D eigenvalue weighted by Gasteiger charge is 2.33. The van der Waals surface area contributed by atoms with Crippen LogP contribution in [0.2, 0.25) is 0 Å². The lowest BCUT2D eigenvalue weighted by Gasteiger charge is -2.30. The highest BCUT2D eigenvalue weighted by atomic mass is 32.2. The van der Waals surface area contributed by atoms with E-state index in [1.165, 1.54) is 0 Å². The monoisotopic (exact) mass is 191 g/mol. The number of rotatable bonds is 2. The van der Waals surface area contributed by atoms with Gasteiger partial charge in [0, 0.05) is 6.04 Å². The third-order valence-corrected chi connectivity index (χ3v) is 4.99. The van der Waals surface area contributed by atoms with Crippen LogP contribution in [0.25, 0.3) is 0 Å². The smallest absolute Gasteiger partial charge is 0.156 e. The van der Waals surface area contributed by atoms with Gasteiger partial charge < -0.3 is 5.32 Å². The van der Waals surface area contributed by atoms with E-state index in [9.17, 15) is 8.42 Å². The van der Waals surface area contributed by atoms with Gasteiger partial charge in [0.25, 0.3) is 0 Å². The Morgan fingerprint density at radius 1 is 1.42 bits per heavy atom. The highest BCUT2D eigenvalue weighted by molar-refractivity contribution is 7.92. The molecule has 3 nitrogen and oxygen atoms in total. The summed E-state index contributed by atoms with van der Waals surface area (Å²) in [6, 6.07) is 0.203. The van der Waals surface area contributed by atoms with Crippen LogP contribution in [0.3, 0.4) is 0 Å². The number of hydrogen-bond donors (Lipinski definition) is 1. The Hall–Kier alpha value is -0.0900. The molecule has 4 heteroatoms. The van der Waals surface area contributed by atoms with E-state index in [2.05, 4.69) is 5.32 Å². The number of sulfone groups is 1. The molecule has 1 aliphatic heterocycles. The molecule has 0 saturated carbocycles. The fraction of sp³-hybridized carbons (Fsp3) is 1.00. The second-order valence-corrected chi connectivity index (χ2v) is 7.12. The minimum atomic E-state index is -2.92. The van der Waals surface area contributed by atoms with Gasteiger partial charge in [0.15, 0.2) is 9.84 Å². The van der Waals surface area contributed by atoms with E-state index in [1.54, 1.807) is 20.8 Å². The van der Waals surface area contributed by atoms with Crippen LogP contribution in [0.5, 0.6) is 0 Å². The highest BCUT2D eigenvalue weighted by Crippen LogP contribution is 2.19. The first-order valence-electron chi connectivity index (χ1n) is 4.28. The zero-order valence-electron chi connectivity index (χ0n) is 7.92. The van der Waals surface area contributed by atoms with E-state index in [1.807, 2.05) is 0 Å². The minimum Gasteiger partial charge on any atom is -0.313 e. The van der Waals surface area contributed by atoms with Crippen molar-refractivity contribution in [2.24, 2.45) is 0 Å². The molecule has 1 unspecified atom stereocenters. The van der Waals surface area contributed by atoms with Crippen LogP contribution in [0, 0.1) is 0 Å². The first-order valence-corrected chi connectivity index (χ1v) is 5.94. The predicted octanol–water partition coefficient (Wildman–Crippen LogP) is 0.562. The van der Waals surface area contributed by atoms with Crippen molar-refractivity contribution in [2.75, 3.05) is 12.3 Å². The molecule has 0 bridgehead atoms. The van der Waals surface area contributed by atoms with Gasteiger partial charge in [-0.1, -0.05) is 0 Å². The van der Waals surface area contributed by atoms with Gasteiger partial charge in [0.1, 0.15) is 0 Å². The van der Waals surface area contributed by atoms with Gasteiger partial charge in [-0.2, -0.15) is 0 Å². The van der Waals surface area contributed by atoms with E-state index in [-0.39, 0.29) is 11.8 Å². The molecule has 0 aromatic carbocycles. The van der Waals surface area contributed by atoms with Crippen LogP contribution in [0.15, 0.2) is 0 Å². The van der Waals surface area contributed by atoms with Crippen LogP contribution >= 0.6 is 0 Å². The fourth-order valence-electron chi connectivity index (χ4n) is 1.01. The van der Waals surface area contributed by atoms with Crippen molar-refractivity contribution < 1.29 is 8.42 Å². The Morgan fingerprint density at radius 2 is 1.92 bits per heavy atom. The molecule has 0 amide bonds. The van der Waals surface area contributed by atoms with Gasteiger partial charge >= 0.3 is 0 Å². The standard InChI is InChI=1S/C8H17NO2S/c1-8(2,3)12(10,11)6-7-4-5-9-7/h7,9H,4-6H2,1-3H3. The molecule has 1 rings (SSSR count). The molecule has 0 aliphatic carbocycles. The van der Waals surface area contributed by atoms with Crippen molar-refractivity contribution in [1.29, 1.82) is 0 Å². The molecule has 0 spiro atoms. The van der Waals surface area contributed by atoms with Gasteiger partial charge in [-0.15, -0.1) is 0 Å². The molecule has 1 aliphatic rings. The van der Waals surface area contributed by atoms with Gasteiger partial charge in [0.05, 0.1) is 10.5 Å². The first-order chi connectivity index (χ1) is 5.33. The van der Waals surface area contributed by atoms with Crippen molar-refractivity contribution in [1.82, 2.24) is 5.32 Å². The summed E-state index contributed by atoms with van der Waals surface area (Å²) in [6.07, 6.45) is 0.995. The molecule has 1 heterocycles. The molecule has 1 atom stereocenters. The molecule has 0 aromatic heterocycles. The summed E-state index contributed by atoms with van der Waals surface area (Å²) >= 11 is 0. The minimum absolute atomic E-state index is 0.203. The normalized spacial score (nSPS) is 25.1. The maximum Gasteiger partial charge on any atom is 0.156 e. The summed E-state index contributed by atoms with van der Waals surface area (Å²) in [5, 5.41) is 3.09. The summed E-state index contributed by atoms with van der Waals surface area (Å²) in [6.45, 7) is 6.22. The third kappa shape index (κ3) is 1.98. The molecule has 0 aromatic rings. The molecule has 72 valence electrons. The van der Waals surface area contributed by atoms with Gasteiger partial charge in [0.2, 0.25) is 0 Å². The van der Waals surface area contributed by atoms with E-state index >= 15 is 0 Å². The first kappa shape index (κ1) is 9.99. The lowest BCUT2D eigenvalue weighted by molar-refractivity contribution is 0.396. The third-order valence-electron chi connectivity index (χ3n) is 2.28. The predicted molar refractivity (Wildman–Crippen MR) is 49.9 cm³/mol. The van der Waals surface area contributed by atoms with Crippen LogP contribution in [-0.2, 0) is 9.84 Å². The SMILES string of the molecule is CC(C)(C)S(=O)(=O)CC1CCN1. The molecule has 1 fully saturated rings. The lowest BCUT2D eigenvalue weighted by Crippen LogP contribution is -2.49. The molecule has 12 heavy (non-hydrogen) atoms. The Labute approximate surface area is 74.5 Å². The number of hydrogen-bond acceptors (Lipinski definition) is 3. The Balaban J connectivity index is 2.60. The molecule has 1 N–H and O–H groups in total. The molecule has 0 radical (unpaired) electrons. The van der Waals surface area contributed by atoms with Gasteiger partial charge in [-0.3, -0.25) is 0 Å². The van der Waals surface area contributed by atoms with Crippen LogP contribution in [0.1, 0.15) is 27.2 Å². The summed E-state index contributed by atoms with van der Waals surface area (Å²) in [5.74, 6) is 0.288. The van der Waals surface area contributed by atoms with E-state index < -0.39 is 14.6 Å². The molecule has 1 saturated heterocycles. The van der Waals surface area contributed by atoms with E-state index in [4.69, 9.17) is 0 Å². The van der Waals surface area contributed by atoms with Crippen LogP contribution in [-0.4, -0.2) is 31.5 Å².